The number of hydrogen-bond donors (Lipinski definition) is 0. The van der Waals surface area contributed by atoms with E-state index < -0.39 is 0 Å². The van der Waals surface area contributed by atoms with Crippen LogP contribution in [-0.2, 0) is 4.75 Å². The first-order valence-electron chi connectivity index (χ1n) is 4.53. The molecule has 1 aliphatic heterocycles. The van der Waals surface area contributed by atoms with Gasteiger partial charge in [-0.2, -0.15) is 11.8 Å². The number of ether oxygens (including phenoxy) is 1. The highest BCUT2D eigenvalue weighted by atomic mass is 32.2. The molecule has 1 aromatic rings. The number of methoxy groups -OCH3 is 1. The van der Waals surface area contributed by atoms with Crippen LogP contribution in [0.2, 0.25) is 0 Å². The van der Waals surface area contributed by atoms with Crippen LogP contribution >= 0.6 is 11.8 Å². The molecule has 13 heavy (non-hydrogen) atoms. The fourth-order valence-electron chi connectivity index (χ4n) is 1.59. The first-order chi connectivity index (χ1) is 6.24. The molecule has 1 aromatic carbocycles. The topological polar surface area (TPSA) is 9.23 Å². The van der Waals surface area contributed by atoms with Crippen LogP contribution in [0.15, 0.2) is 24.3 Å². The molecule has 0 aliphatic carbocycles. The van der Waals surface area contributed by atoms with Gasteiger partial charge in [0.05, 0.1) is 7.11 Å². The van der Waals surface area contributed by atoms with E-state index in [-0.39, 0.29) is 0 Å². The van der Waals surface area contributed by atoms with Crippen LogP contribution in [0.4, 0.5) is 0 Å². The van der Waals surface area contributed by atoms with Crippen molar-refractivity contribution in [2.24, 2.45) is 0 Å². The van der Waals surface area contributed by atoms with Gasteiger partial charge in [0.15, 0.2) is 0 Å². The molecule has 1 aliphatic rings. The van der Waals surface area contributed by atoms with Crippen molar-refractivity contribution in [3.05, 3.63) is 29.8 Å². The van der Waals surface area contributed by atoms with Crippen LogP contribution in [0.5, 0.6) is 5.75 Å². The van der Waals surface area contributed by atoms with Crippen LogP contribution in [0.3, 0.4) is 0 Å². The average Bonchev–Trinajstić information content (AvgIpc) is 2.14. The lowest BCUT2D eigenvalue weighted by atomic mass is 9.96. The minimum atomic E-state index is 0.342. The Balaban J connectivity index is 2.29. The Morgan fingerprint density at radius 1 is 1.46 bits per heavy atom. The molecule has 70 valence electrons. The highest BCUT2D eigenvalue weighted by molar-refractivity contribution is 8.01. The van der Waals surface area contributed by atoms with Gasteiger partial charge in [-0.25, -0.2) is 0 Å². The van der Waals surface area contributed by atoms with E-state index in [0.29, 0.717) is 4.75 Å². The summed E-state index contributed by atoms with van der Waals surface area (Å²) >= 11 is 2.02. The fourth-order valence-corrected chi connectivity index (χ4v) is 2.70. The molecule has 1 atom stereocenters. The largest absolute Gasteiger partial charge is 0.497 e. The Morgan fingerprint density at radius 2 is 2.23 bits per heavy atom. The number of thioether (sulfide) groups is 1. The highest BCUT2D eigenvalue weighted by Gasteiger charge is 2.34. The van der Waals surface area contributed by atoms with Gasteiger partial charge < -0.3 is 4.74 Å². The first kappa shape index (κ1) is 8.95. The van der Waals surface area contributed by atoms with Crippen molar-refractivity contribution < 1.29 is 4.74 Å². The molecular weight excluding hydrogens is 180 g/mol. The number of benzene rings is 1. The summed E-state index contributed by atoms with van der Waals surface area (Å²) in [6, 6.07) is 8.40. The molecule has 1 fully saturated rings. The Kier molecular flexibility index (Phi) is 2.24. The standard InChI is InChI=1S/C11H14OS/c1-11(6-7-13-11)9-4-3-5-10(8-9)12-2/h3-5,8H,6-7H2,1-2H3. The molecule has 1 unspecified atom stereocenters. The van der Waals surface area contributed by atoms with Crippen molar-refractivity contribution in [2.75, 3.05) is 12.9 Å². The third-order valence-electron chi connectivity index (χ3n) is 2.68. The normalized spacial score (nSPS) is 26.6. The summed E-state index contributed by atoms with van der Waals surface area (Å²) in [4.78, 5) is 0. The summed E-state index contributed by atoms with van der Waals surface area (Å²) < 4.78 is 5.55. The first-order valence-corrected chi connectivity index (χ1v) is 5.52. The summed E-state index contributed by atoms with van der Waals surface area (Å²) in [7, 11) is 1.72. The van der Waals surface area contributed by atoms with Gasteiger partial charge in [-0.3, -0.25) is 0 Å². The van der Waals surface area contributed by atoms with Gasteiger partial charge >= 0.3 is 0 Å². The van der Waals surface area contributed by atoms with E-state index in [1.54, 1.807) is 7.11 Å². The van der Waals surface area contributed by atoms with E-state index in [0.717, 1.165) is 5.75 Å². The van der Waals surface area contributed by atoms with Gasteiger partial charge in [0.1, 0.15) is 5.75 Å². The zero-order valence-electron chi connectivity index (χ0n) is 8.04. The van der Waals surface area contributed by atoms with Gasteiger partial charge in [0.2, 0.25) is 0 Å². The smallest absolute Gasteiger partial charge is 0.119 e. The zero-order chi connectivity index (χ0) is 9.31. The predicted octanol–water partition coefficient (Wildman–Crippen LogP) is 3.05. The average molecular weight is 194 g/mol. The molecule has 0 saturated carbocycles. The Morgan fingerprint density at radius 3 is 2.77 bits per heavy atom. The summed E-state index contributed by atoms with van der Waals surface area (Å²) in [6.45, 7) is 2.30. The van der Waals surface area contributed by atoms with Crippen LogP contribution < -0.4 is 4.74 Å². The van der Waals surface area contributed by atoms with Crippen molar-refractivity contribution in [2.45, 2.75) is 18.1 Å². The van der Waals surface area contributed by atoms with Crippen molar-refractivity contribution in [1.29, 1.82) is 0 Å². The quantitative estimate of drug-likeness (QED) is 0.715. The Labute approximate surface area is 83.5 Å². The minimum Gasteiger partial charge on any atom is -0.497 e. The van der Waals surface area contributed by atoms with E-state index in [1.165, 1.54) is 17.7 Å². The molecule has 1 saturated heterocycles. The van der Waals surface area contributed by atoms with Crippen LogP contribution in [0, 0.1) is 0 Å². The van der Waals surface area contributed by atoms with E-state index in [9.17, 15) is 0 Å². The van der Waals surface area contributed by atoms with E-state index >= 15 is 0 Å². The van der Waals surface area contributed by atoms with Crippen LogP contribution in [-0.4, -0.2) is 12.9 Å². The second-order valence-corrected chi connectivity index (χ2v) is 5.16. The second-order valence-electron chi connectivity index (χ2n) is 3.56. The van der Waals surface area contributed by atoms with E-state index in [2.05, 4.69) is 25.1 Å². The Bertz CT molecular complexity index is 305. The second kappa shape index (κ2) is 3.26. The zero-order valence-corrected chi connectivity index (χ0v) is 8.86. The van der Waals surface area contributed by atoms with Crippen LogP contribution in [0.1, 0.15) is 18.9 Å². The molecule has 0 amide bonds. The van der Waals surface area contributed by atoms with Crippen molar-refractivity contribution in [3.8, 4) is 5.75 Å². The van der Waals surface area contributed by atoms with Gasteiger partial charge in [0.25, 0.3) is 0 Å². The summed E-state index contributed by atoms with van der Waals surface area (Å²) in [5.74, 6) is 2.25. The molecule has 2 heteroatoms. The van der Waals surface area contributed by atoms with Crippen molar-refractivity contribution in [1.82, 2.24) is 0 Å². The lowest BCUT2D eigenvalue weighted by Gasteiger charge is -2.38. The third kappa shape index (κ3) is 1.55. The van der Waals surface area contributed by atoms with Gasteiger partial charge in [-0.05, 0) is 36.8 Å². The fraction of sp³-hybridized carbons (Fsp3) is 0.455. The van der Waals surface area contributed by atoms with Crippen molar-refractivity contribution in [3.63, 3.8) is 0 Å². The lowest BCUT2D eigenvalue weighted by molar-refractivity contribution is 0.413. The summed E-state index contributed by atoms with van der Waals surface area (Å²) in [5.41, 5.74) is 1.39. The maximum atomic E-state index is 5.21. The highest BCUT2D eigenvalue weighted by Crippen LogP contribution is 2.49. The van der Waals surface area contributed by atoms with Crippen LogP contribution in [0.25, 0.3) is 0 Å². The molecular formula is C11H14OS. The van der Waals surface area contributed by atoms with E-state index in [4.69, 9.17) is 4.74 Å². The molecule has 0 aromatic heterocycles. The maximum absolute atomic E-state index is 5.21. The molecule has 1 heterocycles. The summed E-state index contributed by atoms with van der Waals surface area (Å²) in [6.07, 6.45) is 1.28. The molecule has 0 bridgehead atoms. The molecule has 0 radical (unpaired) electrons. The number of hydrogen-bond acceptors (Lipinski definition) is 2. The van der Waals surface area contributed by atoms with Gasteiger partial charge in [-0.1, -0.05) is 12.1 Å². The molecule has 0 spiro atoms. The third-order valence-corrected chi connectivity index (χ3v) is 4.17. The molecule has 0 N–H and O–H groups in total. The Hall–Kier alpha value is -0.630. The minimum absolute atomic E-state index is 0.342. The molecule has 1 nitrogen and oxygen atoms in total. The maximum Gasteiger partial charge on any atom is 0.119 e. The van der Waals surface area contributed by atoms with Gasteiger partial charge in [0, 0.05) is 4.75 Å². The van der Waals surface area contributed by atoms with Crippen molar-refractivity contribution >= 4 is 11.8 Å². The number of rotatable bonds is 2. The summed E-state index contributed by atoms with van der Waals surface area (Å²) in [5, 5.41) is 0. The van der Waals surface area contributed by atoms with Gasteiger partial charge in [-0.15, -0.1) is 0 Å². The van der Waals surface area contributed by atoms with E-state index in [1.807, 2.05) is 17.8 Å². The molecule has 2 rings (SSSR count). The lowest BCUT2D eigenvalue weighted by Crippen LogP contribution is -2.27. The SMILES string of the molecule is COc1cccc(C2(C)CCS2)c1. The monoisotopic (exact) mass is 194 g/mol. The predicted molar refractivity (Wildman–Crippen MR) is 57.4 cm³/mol.